The van der Waals surface area contributed by atoms with Crippen LogP contribution < -0.4 is 0 Å². The summed E-state index contributed by atoms with van der Waals surface area (Å²) in [6.07, 6.45) is 2.93. The Bertz CT molecular complexity index is 255. The van der Waals surface area contributed by atoms with Crippen LogP contribution >= 0.6 is 11.6 Å². The maximum absolute atomic E-state index is 11.1. The van der Waals surface area contributed by atoms with Gasteiger partial charge < -0.3 is 0 Å². The molecule has 0 amide bonds. The maximum atomic E-state index is 11.1. The van der Waals surface area contributed by atoms with Crippen molar-refractivity contribution in [3.63, 3.8) is 0 Å². The summed E-state index contributed by atoms with van der Waals surface area (Å²) in [5.41, 5.74) is 0.771. The molecular weight excluding hydrogens is 174 g/mol. The number of ketones is 1. The topological polar surface area (TPSA) is 29.4 Å². The Hall–Kier alpha value is -0.630. The second-order valence-electron chi connectivity index (χ2n) is 3.10. The van der Waals surface area contributed by atoms with Gasteiger partial charge in [0.1, 0.15) is 5.17 Å². The van der Waals surface area contributed by atoms with Gasteiger partial charge in [0, 0.05) is 12.5 Å². The van der Waals surface area contributed by atoms with Crippen LogP contribution in [0.4, 0.5) is 0 Å². The number of aliphatic imine (C=N–C) groups is 1. The van der Waals surface area contributed by atoms with Crippen molar-refractivity contribution >= 4 is 22.6 Å². The van der Waals surface area contributed by atoms with E-state index in [0.29, 0.717) is 11.6 Å². The Kier molecular flexibility index (Phi) is 3.04. The van der Waals surface area contributed by atoms with E-state index in [1.807, 2.05) is 13.8 Å². The lowest BCUT2D eigenvalue weighted by Crippen LogP contribution is -2.09. The molecule has 1 aliphatic heterocycles. The average Bonchev–Trinajstić information content (AvgIpc) is 1.99. The van der Waals surface area contributed by atoms with Gasteiger partial charge in [-0.2, -0.15) is 0 Å². The zero-order chi connectivity index (χ0) is 9.14. The van der Waals surface area contributed by atoms with Crippen LogP contribution in [0.2, 0.25) is 0 Å². The second kappa shape index (κ2) is 3.85. The minimum atomic E-state index is 0.146. The fraction of sp³-hybridized carbons (Fsp3) is 0.556. The van der Waals surface area contributed by atoms with Crippen molar-refractivity contribution in [2.45, 2.75) is 32.7 Å². The lowest BCUT2D eigenvalue weighted by atomic mass is 10.1. The molecule has 0 aliphatic carbocycles. The molecule has 1 unspecified atom stereocenters. The lowest BCUT2D eigenvalue weighted by Gasteiger charge is -2.09. The predicted octanol–water partition coefficient (Wildman–Crippen LogP) is 2.32. The van der Waals surface area contributed by atoms with E-state index in [1.165, 1.54) is 0 Å². The van der Waals surface area contributed by atoms with Gasteiger partial charge >= 0.3 is 0 Å². The summed E-state index contributed by atoms with van der Waals surface area (Å²) < 4.78 is 0. The molecule has 12 heavy (non-hydrogen) atoms. The Morgan fingerprint density at radius 3 is 3.00 bits per heavy atom. The smallest absolute Gasteiger partial charge is 0.156 e. The van der Waals surface area contributed by atoms with E-state index >= 15 is 0 Å². The standard InChI is InChI=1S/C9H12ClNO/c1-6-5-8(12)4-3-7(2)11-9(6)10/h5,7H,3-4H2,1-2H3. The summed E-state index contributed by atoms with van der Waals surface area (Å²) >= 11 is 5.83. The fourth-order valence-corrected chi connectivity index (χ4v) is 1.31. The number of carbonyl (C=O) groups is 1. The van der Waals surface area contributed by atoms with Crippen LogP contribution in [0.5, 0.6) is 0 Å². The molecule has 66 valence electrons. The van der Waals surface area contributed by atoms with Crippen molar-refractivity contribution in [2.24, 2.45) is 4.99 Å². The Balaban J connectivity index is 2.91. The van der Waals surface area contributed by atoms with Gasteiger partial charge in [0.25, 0.3) is 0 Å². The van der Waals surface area contributed by atoms with Gasteiger partial charge in [0.05, 0.1) is 0 Å². The molecule has 0 saturated heterocycles. The van der Waals surface area contributed by atoms with E-state index in [1.54, 1.807) is 6.08 Å². The third kappa shape index (κ3) is 2.45. The molecule has 0 saturated carbocycles. The first-order valence-electron chi connectivity index (χ1n) is 4.04. The van der Waals surface area contributed by atoms with Gasteiger partial charge in [-0.05, 0) is 31.9 Å². The van der Waals surface area contributed by atoms with Crippen LogP contribution in [-0.4, -0.2) is 17.0 Å². The molecule has 0 N–H and O–H groups in total. The van der Waals surface area contributed by atoms with E-state index in [0.717, 1.165) is 12.0 Å². The summed E-state index contributed by atoms with van der Waals surface area (Å²) in [5.74, 6) is 0.146. The molecule has 0 fully saturated rings. The van der Waals surface area contributed by atoms with Crippen LogP contribution in [0.15, 0.2) is 16.6 Å². The van der Waals surface area contributed by atoms with E-state index in [2.05, 4.69) is 4.99 Å². The minimum Gasteiger partial charge on any atom is -0.295 e. The van der Waals surface area contributed by atoms with Gasteiger partial charge in [-0.3, -0.25) is 9.79 Å². The SMILES string of the molecule is CC1=CC(=O)CCC(C)N=C1Cl. The first-order valence-corrected chi connectivity index (χ1v) is 4.42. The van der Waals surface area contributed by atoms with E-state index in [-0.39, 0.29) is 11.8 Å². The molecule has 0 aromatic heterocycles. The minimum absolute atomic E-state index is 0.146. The van der Waals surface area contributed by atoms with Crippen molar-refractivity contribution in [1.82, 2.24) is 0 Å². The van der Waals surface area contributed by atoms with Gasteiger partial charge in [0.15, 0.2) is 5.78 Å². The molecular formula is C9H12ClNO. The number of allylic oxidation sites excluding steroid dienone is 2. The van der Waals surface area contributed by atoms with Gasteiger partial charge in [-0.1, -0.05) is 11.6 Å². The van der Waals surface area contributed by atoms with Gasteiger partial charge in [0.2, 0.25) is 0 Å². The predicted molar refractivity (Wildman–Crippen MR) is 50.7 cm³/mol. The zero-order valence-electron chi connectivity index (χ0n) is 7.30. The molecule has 0 aromatic rings. The highest BCUT2D eigenvalue weighted by molar-refractivity contribution is 6.69. The fourth-order valence-electron chi connectivity index (χ4n) is 1.08. The van der Waals surface area contributed by atoms with Gasteiger partial charge in [-0.15, -0.1) is 0 Å². The molecule has 1 rings (SSSR count). The summed E-state index contributed by atoms with van der Waals surface area (Å²) in [5, 5.41) is 0.468. The molecule has 1 aliphatic rings. The highest BCUT2D eigenvalue weighted by atomic mass is 35.5. The van der Waals surface area contributed by atoms with Crippen molar-refractivity contribution in [3.8, 4) is 0 Å². The number of halogens is 1. The molecule has 0 spiro atoms. The van der Waals surface area contributed by atoms with E-state index in [4.69, 9.17) is 11.6 Å². The number of carbonyl (C=O) groups excluding carboxylic acids is 1. The van der Waals surface area contributed by atoms with Crippen LogP contribution in [0.25, 0.3) is 0 Å². The molecule has 0 aromatic carbocycles. The molecule has 0 bridgehead atoms. The second-order valence-corrected chi connectivity index (χ2v) is 3.46. The first kappa shape index (κ1) is 9.46. The third-order valence-corrected chi connectivity index (χ3v) is 2.24. The highest BCUT2D eigenvalue weighted by Gasteiger charge is 2.10. The van der Waals surface area contributed by atoms with Gasteiger partial charge in [-0.25, -0.2) is 0 Å². The first-order chi connectivity index (χ1) is 5.59. The average molecular weight is 186 g/mol. The number of hydrogen-bond donors (Lipinski definition) is 0. The summed E-state index contributed by atoms with van der Waals surface area (Å²) in [6.45, 7) is 3.77. The largest absolute Gasteiger partial charge is 0.295 e. The monoisotopic (exact) mass is 185 g/mol. The molecule has 3 heteroatoms. The summed E-state index contributed by atoms with van der Waals surface area (Å²) in [6, 6.07) is 0.157. The van der Waals surface area contributed by atoms with E-state index in [9.17, 15) is 4.79 Å². The highest BCUT2D eigenvalue weighted by Crippen LogP contribution is 2.12. The van der Waals surface area contributed by atoms with Crippen molar-refractivity contribution < 1.29 is 4.79 Å². The number of nitrogens with zero attached hydrogens (tertiary/aromatic N) is 1. The van der Waals surface area contributed by atoms with Crippen LogP contribution in [0, 0.1) is 0 Å². The number of hydrogen-bond acceptors (Lipinski definition) is 2. The Labute approximate surface area is 77.3 Å². The normalized spacial score (nSPS) is 25.6. The number of rotatable bonds is 0. The Morgan fingerprint density at radius 2 is 2.33 bits per heavy atom. The summed E-state index contributed by atoms with van der Waals surface area (Å²) in [4.78, 5) is 15.4. The lowest BCUT2D eigenvalue weighted by molar-refractivity contribution is -0.114. The summed E-state index contributed by atoms with van der Waals surface area (Å²) in [7, 11) is 0. The van der Waals surface area contributed by atoms with Crippen molar-refractivity contribution in [2.75, 3.05) is 0 Å². The van der Waals surface area contributed by atoms with Crippen LogP contribution in [0.3, 0.4) is 0 Å². The van der Waals surface area contributed by atoms with Crippen molar-refractivity contribution in [3.05, 3.63) is 11.6 Å². The zero-order valence-corrected chi connectivity index (χ0v) is 8.06. The molecule has 1 heterocycles. The quantitative estimate of drug-likeness (QED) is 0.570. The molecule has 2 nitrogen and oxygen atoms in total. The van der Waals surface area contributed by atoms with Crippen LogP contribution in [0.1, 0.15) is 26.7 Å². The molecule has 0 radical (unpaired) electrons. The van der Waals surface area contributed by atoms with Crippen molar-refractivity contribution in [1.29, 1.82) is 0 Å². The Morgan fingerprint density at radius 1 is 1.67 bits per heavy atom. The molecule has 1 atom stereocenters. The van der Waals surface area contributed by atoms with E-state index < -0.39 is 0 Å². The maximum Gasteiger partial charge on any atom is 0.156 e. The third-order valence-electron chi connectivity index (χ3n) is 1.85. The van der Waals surface area contributed by atoms with Crippen LogP contribution in [-0.2, 0) is 4.79 Å².